The van der Waals surface area contributed by atoms with Crippen LogP contribution in [0.4, 0.5) is 0 Å². The zero-order chi connectivity index (χ0) is 14.7. The average molecular weight is 278 g/mol. The molecule has 1 fully saturated rings. The SMILES string of the molecule is COC[C@@H]1CCN([C@@H](C)C2=CCC(C)C=C2)C1C(N)=O. The fourth-order valence-electron chi connectivity index (χ4n) is 3.35. The molecule has 0 spiro atoms. The summed E-state index contributed by atoms with van der Waals surface area (Å²) in [5.41, 5.74) is 6.92. The van der Waals surface area contributed by atoms with Gasteiger partial charge in [0.1, 0.15) is 0 Å². The summed E-state index contributed by atoms with van der Waals surface area (Å²) < 4.78 is 5.23. The molecule has 0 aromatic rings. The first-order chi connectivity index (χ1) is 9.54. The highest BCUT2D eigenvalue weighted by atomic mass is 16.5. The first-order valence-electron chi connectivity index (χ1n) is 7.46. The number of carbonyl (C=O) groups is 1. The zero-order valence-corrected chi connectivity index (χ0v) is 12.7. The third kappa shape index (κ3) is 3.13. The molecule has 1 aliphatic carbocycles. The van der Waals surface area contributed by atoms with Crippen molar-refractivity contribution >= 4 is 5.91 Å². The third-order valence-electron chi connectivity index (χ3n) is 4.56. The maximum absolute atomic E-state index is 11.8. The molecule has 1 aliphatic heterocycles. The van der Waals surface area contributed by atoms with Crippen molar-refractivity contribution in [2.45, 2.75) is 38.8 Å². The normalized spacial score (nSPS) is 32.1. The van der Waals surface area contributed by atoms with Crippen molar-refractivity contribution in [2.24, 2.45) is 17.6 Å². The van der Waals surface area contributed by atoms with Gasteiger partial charge in [0.05, 0.1) is 12.6 Å². The molecule has 0 saturated carbocycles. The summed E-state index contributed by atoms with van der Waals surface area (Å²) in [6, 6.07) is 0.0247. The smallest absolute Gasteiger partial charge is 0.235 e. The highest BCUT2D eigenvalue weighted by Crippen LogP contribution is 2.30. The Labute approximate surface area is 121 Å². The molecule has 0 bridgehead atoms. The molecule has 0 radical (unpaired) electrons. The lowest BCUT2D eigenvalue weighted by molar-refractivity contribution is -0.124. The lowest BCUT2D eigenvalue weighted by Gasteiger charge is -2.32. The lowest BCUT2D eigenvalue weighted by Crippen LogP contribution is -2.48. The van der Waals surface area contributed by atoms with Gasteiger partial charge in [-0.1, -0.05) is 25.2 Å². The number of allylic oxidation sites excluding steroid dienone is 2. The Morgan fingerprint density at radius 1 is 1.60 bits per heavy atom. The second-order valence-corrected chi connectivity index (χ2v) is 6.04. The van der Waals surface area contributed by atoms with E-state index in [-0.39, 0.29) is 23.9 Å². The fourth-order valence-corrected chi connectivity index (χ4v) is 3.35. The predicted molar refractivity (Wildman–Crippen MR) is 80.1 cm³/mol. The lowest BCUT2D eigenvalue weighted by atomic mass is 9.93. The fraction of sp³-hybridized carbons (Fsp3) is 0.688. The van der Waals surface area contributed by atoms with Crippen LogP contribution in [0, 0.1) is 11.8 Å². The number of nitrogens with zero attached hydrogens (tertiary/aromatic N) is 1. The van der Waals surface area contributed by atoms with E-state index in [1.54, 1.807) is 7.11 Å². The van der Waals surface area contributed by atoms with Gasteiger partial charge in [0.25, 0.3) is 0 Å². The van der Waals surface area contributed by atoms with E-state index >= 15 is 0 Å². The van der Waals surface area contributed by atoms with Gasteiger partial charge in [-0.05, 0) is 37.8 Å². The minimum absolute atomic E-state index is 0.210. The Morgan fingerprint density at radius 2 is 2.35 bits per heavy atom. The van der Waals surface area contributed by atoms with Gasteiger partial charge in [-0.25, -0.2) is 0 Å². The summed E-state index contributed by atoms with van der Waals surface area (Å²) in [6.07, 6.45) is 8.78. The number of methoxy groups -OCH3 is 1. The summed E-state index contributed by atoms with van der Waals surface area (Å²) >= 11 is 0. The first kappa shape index (κ1) is 15.3. The number of hydrogen-bond acceptors (Lipinski definition) is 3. The van der Waals surface area contributed by atoms with E-state index in [9.17, 15) is 4.79 Å². The molecule has 0 aromatic carbocycles. The number of primary amides is 1. The Bertz CT molecular complexity index is 417. The summed E-state index contributed by atoms with van der Waals surface area (Å²) in [5, 5.41) is 0. The first-order valence-corrected chi connectivity index (χ1v) is 7.46. The topological polar surface area (TPSA) is 55.6 Å². The second kappa shape index (κ2) is 6.55. The molecular formula is C16H26N2O2. The minimum Gasteiger partial charge on any atom is -0.384 e. The quantitative estimate of drug-likeness (QED) is 0.833. The maximum atomic E-state index is 11.8. The number of hydrogen-bond donors (Lipinski definition) is 1. The molecule has 1 heterocycles. The van der Waals surface area contributed by atoms with Crippen molar-refractivity contribution in [3.8, 4) is 0 Å². The number of carbonyl (C=O) groups excluding carboxylic acids is 1. The van der Waals surface area contributed by atoms with Crippen LogP contribution in [0.2, 0.25) is 0 Å². The van der Waals surface area contributed by atoms with Crippen molar-refractivity contribution in [2.75, 3.05) is 20.3 Å². The molecule has 1 saturated heterocycles. The van der Waals surface area contributed by atoms with Crippen LogP contribution < -0.4 is 5.73 Å². The highest BCUT2D eigenvalue weighted by molar-refractivity contribution is 5.80. The van der Waals surface area contributed by atoms with Gasteiger partial charge in [0, 0.05) is 19.1 Å². The molecule has 2 rings (SSSR count). The molecule has 112 valence electrons. The Balaban J connectivity index is 2.11. The Morgan fingerprint density at radius 3 is 2.90 bits per heavy atom. The summed E-state index contributed by atoms with van der Waals surface area (Å²) in [7, 11) is 1.68. The number of nitrogens with two attached hydrogens (primary N) is 1. The van der Waals surface area contributed by atoms with E-state index in [0.29, 0.717) is 12.5 Å². The number of rotatable bonds is 5. The van der Waals surface area contributed by atoms with Crippen LogP contribution in [0.1, 0.15) is 26.7 Å². The van der Waals surface area contributed by atoms with Crippen molar-refractivity contribution in [1.82, 2.24) is 4.90 Å². The Hall–Kier alpha value is -1.13. The molecule has 2 unspecified atom stereocenters. The number of ether oxygens (including phenoxy) is 1. The van der Waals surface area contributed by atoms with Gasteiger partial charge in [0.15, 0.2) is 0 Å². The monoisotopic (exact) mass is 278 g/mol. The van der Waals surface area contributed by atoms with Crippen LogP contribution in [0.5, 0.6) is 0 Å². The molecule has 0 aromatic heterocycles. The van der Waals surface area contributed by atoms with Crippen LogP contribution in [-0.4, -0.2) is 43.2 Å². The van der Waals surface area contributed by atoms with E-state index in [1.165, 1.54) is 5.57 Å². The molecule has 1 amide bonds. The van der Waals surface area contributed by atoms with Gasteiger partial charge >= 0.3 is 0 Å². The summed E-state index contributed by atoms with van der Waals surface area (Å²) in [5.74, 6) is 0.593. The third-order valence-corrected chi connectivity index (χ3v) is 4.56. The molecular weight excluding hydrogens is 252 g/mol. The highest BCUT2D eigenvalue weighted by Gasteiger charge is 2.40. The van der Waals surface area contributed by atoms with E-state index < -0.39 is 0 Å². The van der Waals surface area contributed by atoms with Gasteiger partial charge in [-0.3, -0.25) is 9.69 Å². The van der Waals surface area contributed by atoms with Crippen LogP contribution >= 0.6 is 0 Å². The van der Waals surface area contributed by atoms with Gasteiger partial charge in [-0.15, -0.1) is 0 Å². The molecule has 4 nitrogen and oxygen atoms in total. The predicted octanol–water partition coefficient (Wildman–Crippen LogP) is 1.72. The zero-order valence-electron chi connectivity index (χ0n) is 12.7. The van der Waals surface area contributed by atoms with E-state index in [2.05, 4.69) is 37.0 Å². The van der Waals surface area contributed by atoms with E-state index in [4.69, 9.17) is 10.5 Å². The molecule has 2 N–H and O–H groups in total. The van der Waals surface area contributed by atoms with Crippen molar-refractivity contribution in [1.29, 1.82) is 0 Å². The van der Waals surface area contributed by atoms with Crippen LogP contribution in [0.15, 0.2) is 23.8 Å². The van der Waals surface area contributed by atoms with Crippen molar-refractivity contribution in [3.05, 3.63) is 23.8 Å². The van der Waals surface area contributed by atoms with E-state index in [0.717, 1.165) is 19.4 Å². The molecule has 4 heteroatoms. The van der Waals surface area contributed by atoms with Crippen LogP contribution in [0.3, 0.4) is 0 Å². The summed E-state index contributed by atoms with van der Waals surface area (Å²) in [6.45, 7) is 5.88. The van der Waals surface area contributed by atoms with Crippen LogP contribution in [-0.2, 0) is 9.53 Å². The Kier molecular flexibility index (Phi) is 5.00. The number of amides is 1. The van der Waals surface area contributed by atoms with Gasteiger partial charge in [-0.2, -0.15) is 0 Å². The maximum Gasteiger partial charge on any atom is 0.235 e. The molecule has 2 aliphatic rings. The molecule has 20 heavy (non-hydrogen) atoms. The standard InChI is InChI=1S/C16H26N2O2/c1-11-4-6-13(7-5-11)12(2)18-9-8-14(10-20-3)15(18)16(17)19/h4,6-7,11-12,14-15H,5,8-10H2,1-3H3,(H2,17,19)/t11?,12-,14-,15?/m0/s1. The van der Waals surface area contributed by atoms with Crippen LogP contribution in [0.25, 0.3) is 0 Å². The summed E-state index contributed by atoms with van der Waals surface area (Å²) in [4.78, 5) is 14.1. The molecule has 4 atom stereocenters. The average Bonchev–Trinajstić information content (AvgIpc) is 2.83. The van der Waals surface area contributed by atoms with Crippen molar-refractivity contribution < 1.29 is 9.53 Å². The minimum atomic E-state index is -0.231. The van der Waals surface area contributed by atoms with Gasteiger partial charge < -0.3 is 10.5 Å². The van der Waals surface area contributed by atoms with Gasteiger partial charge in [0.2, 0.25) is 5.91 Å². The second-order valence-electron chi connectivity index (χ2n) is 6.04. The largest absolute Gasteiger partial charge is 0.384 e. The van der Waals surface area contributed by atoms with E-state index in [1.807, 2.05) is 0 Å². The van der Waals surface area contributed by atoms with Crippen molar-refractivity contribution in [3.63, 3.8) is 0 Å². The number of likely N-dealkylation sites (tertiary alicyclic amines) is 1.